The van der Waals surface area contributed by atoms with E-state index in [-0.39, 0.29) is 5.91 Å². The molecule has 0 radical (unpaired) electrons. The molecule has 0 aliphatic rings. The fourth-order valence-corrected chi connectivity index (χ4v) is 2.36. The zero-order valence-corrected chi connectivity index (χ0v) is 13.7. The molecule has 3 aromatic carbocycles. The van der Waals surface area contributed by atoms with Gasteiger partial charge in [0.2, 0.25) is 0 Å². The van der Waals surface area contributed by atoms with Crippen LogP contribution in [0.25, 0.3) is 0 Å². The SMILES string of the molecule is Cc1cccc(Oc2ccccc2NC(=O)c2ccc(C#N)cc2)c1. The van der Waals surface area contributed by atoms with Crippen molar-refractivity contribution in [1.82, 2.24) is 0 Å². The number of ether oxygens (including phenoxy) is 1. The summed E-state index contributed by atoms with van der Waals surface area (Å²) >= 11 is 0. The van der Waals surface area contributed by atoms with Gasteiger partial charge in [0.15, 0.2) is 5.75 Å². The molecule has 0 saturated heterocycles. The molecule has 3 aromatic rings. The molecule has 4 heteroatoms. The summed E-state index contributed by atoms with van der Waals surface area (Å²) in [5, 5.41) is 11.7. The fraction of sp³-hybridized carbons (Fsp3) is 0.0476. The molecule has 4 nitrogen and oxygen atoms in total. The van der Waals surface area contributed by atoms with E-state index in [1.165, 1.54) is 0 Å². The molecule has 122 valence electrons. The molecule has 1 amide bonds. The number of carbonyl (C=O) groups excluding carboxylic acids is 1. The van der Waals surface area contributed by atoms with Gasteiger partial charge in [0.25, 0.3) is 5.91 Å². The van der Waals surface area contributed by atoms with Crippen LogP contribution in [0, 0.1) is 18.3 Å². The molecule has 1 N–H and O–H groups in total. The average Bonchev–Trinajstić information content (AvgIpc) is 2.63. The first kappa shape index (κ1) is 16.3. The normalized spacial score (nSPS) is 9.92. The van der Waals surface area contributed by atoms with Crippen molar-refractivity contribution in [1.29, 1.82) is 5.26 Å². The first-order valence-corrected chi connectivity index (χ1v) is 7.81. The molecule has 0 atom stereocenters. The Morgan fingerprint density at radius 1 is 1.00 bits per heavy atom. The van der Waals surface area contributed by atoms with Gasteiger partial charge in [0.1, 0.15) is 5.75 Å². The van der Waals surface area contributed by atoms with Gasteiger partial charge < -0.3 is 10.1 Å². The molecule has 0 aliphatic heterocycles. The molecule has 0 spiro atoms. The van der Waals surface area contributed by atoms with Crippen LogP contribution in [0.4, 0.5) is 5.69 Å². The number of nitrogens with one attached hydrogen (secondary N) is 1. The highest BCUT2D eigenvalue weighted by Crippen LogP contribution is 2.30. The first-order valence-electron chi connectivity index (χ1n) is 7.81. The van der Waals surface area contributed by atoms with Crippen molar-refractivity contribution in [2.24, 2.45) is 0 Å². The molecule has 0 unspecified atom stereocenters. The van der Waals surface area contributed by atoms with Crippen molar-refractivity contribution in [3.63, 3.8) is 0 Å². The summed E-state index contributed by atoms with van der Waals surface area (Å²) in [6.45, 7) is 1.99. The van der Waals surface area contributed by atoms with Crippen molar-refractivity contribution >= 4 is 11.6 Å². The number of aryl methyl sites for hydroxylation is 1. The van der Waals surface area contributed by atoms with Gasteiger partial charge >= 0.3 is 0 Å². The van der Waals surface area contributed by atoms with Gasteiger partial charge in [0.05, 0.1) is 17.3 Å². The smallest absolute Gasteiger partial charge is 0.255 e. The molecular formula is C21H16N2O2. The summed E-state index contributed by atoms with van der Waals surface area (Å²) in [6.07, 6.45) is 0. The molecule has 0 heterocycles. The van der Waals surface area contributed by atoms with Crippen LogP contribution in [-0.4, -0.2) is 5.91 Å². The monoisotopic (exact) mass is 328 g/mol. The summed E-state index contributed by atoms with van der Waals surface area (Å²) < 4.78 is 5.91. The average molecular weight is 328 g/mol. The van der Waals surface area contributed by atoms with E-state index in [1.807, 2.05) is 49.4 Å². The van der Waals surface area contributed by atoms with E-state index in [4.69, 9.17) is 10.00 Å². The van der Waals surface area contributed by atoms with Crippen LogP contribution in [-0.2, 0) is 0 Å². The van der Waals surface area contributed by atoms with Gasteiger partial charge in [-0.25, -0.2) is 0 Å². The lowest BCUT2D eigenvalue weighted by Crippen LogP contribution is -2.12. The third-order valence-corrected chi connectivity index (χ3v) is 3.63. The summed E-state index contributed by atoms with van der Waals surface area (Å²) in [6, 6.07) is 23.5. The maximum absolute atomic E-state index is 12.4. The van der Waals surface area contributed by atoms with E-state index in [9.17, 15) is 4.79 Å². The summed E-state index contributed by atoms with van der Waals surface area (Å²) in [7, 11) is 0. The second-order valence-corrected chi connectivity index (χ2v) is 5.56. The van der Waals surface area contributed by atoms with Crippen LogP contribution >= 0.6 is 0 Å². The number of benzene rings is 3. The van der Waals surface area contributed by atoms with Crippen molar-refractivity contribution < 1.29 is 9.53 Å². The van der Waals surface area contributed by atoms with Crippen LogP contribution in [0.2, 0.25) is 0 Å². The van der Waals surface area contributed by atoms with E-state index in [2.05, 4.69) is 5.32 Å². The molecule has 3 rings (SSSR count). The number of nitrogens with zero attached hydrogens (tertiary/aromatic N) is 1. The lowest BCUT2D eigenvalue weighted by molar-refractivity contribution is 0.102. The Morgan fingerprint density at radius 2 is 1.76 bits per heavy atom. The number of hydrogen-bond donors (Lipinski definition) is 1. The van der Waals surface area contributed by atoms with E-state index < -0.39 is 0 Å². The van der Waals surface area contributed by atoms with E-state index in [0.717, 1.165) is 5.56 Å². The van der Waals surface area contributed by atoms with Crippen molar-refractivity contribution in [2.45, 2.75) is 6.92 Å². The third-order valence-electron chi connectivity index (χ3n) is 3.63. The number of nitriles is 1. The minimum absolute atomic E-state index is 0.259. The zero-order valence-electron chi connectivity index (χ0n) is 13.7. The Hall–Kier alpha value is -3.58. The second-order valence-electron chi connectivity index (χ2n) is 5.56. The van der Waals surface area contributed by atoms with Gasteiger partial charge in [0, 0.05) is 5.56 Å². The Bertz CT molecular complexity index is 941. The Balaban J connectivity index is 1.80. The van der Waals surface area contributed by atoms with Crippen molar-refractivity contribution in [2.75, 3.05) is 5.32 Å². The zero-order chi connectivity index (χ0) is 17.6. The summed E-state index contributed by atoms with van der Waals surface area (Å²) in [5.41, 5.74) is 2.67. The minimum atomic E-state index is -0.259. The number of hydrogen-bond acceptors (Lipinski definition) is 3. The van der Waals surface area contributed by atoms with Crippen LogP contribution in [0.1, 0.15) is 21.5 Å². The molecule has 25 heavy (non-hydrogen) atoms. The Kier molecular flexibility index (Phi) is 4.77. The predicted molar refractivity (Wildman–Crippen MR) is 96.8 cm³/mol. The number of para-hydroxylation sites is 2. The van der Waals surface area contributed by atoms with Crippen LogP contribution in [0.15, 0.2) is 72.8 Å². The van der Waals surface area contributed by atoms with E-state index in [1.54, 1.807) is 36.4 Å². The van der Waals surface area contributed by atoms with Gasteiger partial charge in [-0.2, -0.15) is 5.26 Å². The van der Waals surface area contributed by atoms with Gasteiger partial charge in [-0.05, 0) is 61.0 Å². The Labute approximate surface area is 146 Å². The van der Waals surface area contributed by atoms with Gasteiger partial charge in [-0.3, -0.25) is 4.79 Å². The maximum atomic E-state index is 12.4. The first-order chi connectivity index (χ1) is 12.2. The number of rotatable bonds is 4. The highest BCUT2D eigenvalue weighted by molar-refractivity contribution is 6.05. The van der Waals surface area contributed by atoms with Crippen LogP contribution < -0.4 is 10.1 Å². The predicted octanol–water partition coefficient (Wildman–Crippen LogP) is 4.91. The molecule has 0 aliphatic carbocycles. The van der Waals surface area contributed by atoms with Crippen LogP contribution in [0.3, 0.4) is 0 Å². The lowest BCUT2D eigenvalue weighted by Gasteiger charge is -2.12. The minimum Gasteiger partial charge on any atom is -0.455 e. The fourth-order valence-electron chi connectivity index (χ4n) is 2.36. The highest BCUT2D eigenvalue weighted by atomic mass is 16.5. The number of amides is 1. The standard InChI is InChI=1S/C21H16N2O2/c1-15-5-4-6-18(13-15)25-20-8-3-2-7-19(20)23-21(24)17-11-9-16(14-22)10-12-17/h2-13H,1H3,(H,23,24). The summed E-state index contributed by atoms with van der Waals surface area (Å²) in [4.78, 5) is 12.4. The largest absolute Gasteiger partial charge is 0.455 e. The van der Waals surface area contributed by atoms with Gasteiger partial charge in [-0.1, -0.05) is 24.3 Å². The van der Waals surface area contributed by atoms with E-state index in [0.29, 0.717) is 28.3 Å². The molecule has 0 aromatic heterocycles. The van der Waals surface area contributed by atoms with Crippen molar-refractivity contribution in [3.8, 4) is 17.6 Å². The third kappa shape index (κ3) is 4.04. The molecular weight excluding hydrogens is 312 g/mol. The van der Waals surface area contributed by atoms with Crippen LogP contribution in [0.5, 0.6) is 11.5 Å². The topological polar surface area (TPSA) is 62.1 Å². The van der Waals surface area contributed by atoms with E-state index >= 15 is 0 Å². The highest BCUT2D eigenvalue weighted by Gasteiger charge is 2.10. The Morgan fingerprint density at radius 3 is 2.48 bits per heavy atom. The van der Waals surface area contributed by atoms with Crippen molar-refractivity contribution in [3.05, 3.63) is 89.5 Å². The number of carbonyl (C=O) groups is 1. The quantitative estimate of drug-likeness (QED) is 0.740. The molecule has 0 fully saturated rings. The van der Waals surface area contributed by atoms with Gasteiger partial charge in [-0.15, -0.1) is 0 Å². The molecule has 0 bridgehead atoms. The lowest BCUT2D eigenvalue weighted by atomic mass is 10.1. The molecule has 0 saturated carbocycles. The number of anilines is 1. The maximum Gasteiger partial charge on any atom is 0.255 e. The summed E-state index contributed by atoms with van der Waals surface area (Å²) in [5.74, 6) is 1.01. The second kappa shape index (κ2) is 7.33.